The number of nitrogens with zero attached hydrogens (tertiary/aromatic N) is 1. The number of hydrogen-bond acceptors (Lipinski definition) is 4. The van der Waals surface area contributed by atoms with E-state index in [0.717, 1.165) is 16.6 Å². The van der Waals surface area contributed by atoms with Gasteiger partial charge in [-0.05, 0) is 48.2 Å². The number of rotatable bonds is 5. The third-order valence-electron chi connectivity index (χ3n) is 4.68. The number of ether oxygens (including phenoxy) is 1. The van der Waals surface area contributed by atoms with Crippen molar-refractivity contribution in [1.82, 2.24) is 4.98 Å². The molecule has 2 aromatic carbocycles. The van der Waals surface area contributed by atoms with Crippen LogP contribution in [0.25, 0.3) is 10.9 Å². The van der Waals surface area contributed by atoms with E-state index in [0.29, 0.717) is 30.8 Å². The summed E-state index contributed by atoms with van der Waals surface area (Å²) in [5.74, 6) is -0.180. The van der Waals surface area contributed by atoms with Crippen molar-refractivity contribution in [3.63, 3.8) is 0 Å². The lowest BCUT2D eigenvalue weighted by atomic mass is 10.1. The lowest BCUT2D eigenvalue weighted by Gasteiger charge is -2.13. The van der Waals surface area contributed by atoms with E-state index in [1.165, 1.54) is 4.90 Å². The van der Waals surface area contributed by atoms with Gasteiger partial charge >= 0.3 is 6.09 Å². The Hall–Kier alpha value is -3.61. The summed E-state index contributed by atoms with van der Waals surface area (Å²) in [5.41, 5.74) is 2.55. The van der Waals surface area contributed by atoms with E-state index in [2.05, 4.69) is 10.3 Å². The van der Waals surface area contributed by atoms with Crippen LogP contribution in [0, 0.1) is 0 Å². The number of nitrogens with one attached hydrogen (secondary N) is 2. The number of carbonyl (C=O) groups excluding carboxylic acids is 2. The van der Waals surface area contributed by atoms with Gasteiger partial charge in [-0.25, -0.2) is 4.79 Å². The average molecular weight is 377 g/mol. The van der Waals surface area contributed by atoms with Gasteiger partial charge < -0.3 is 15.0 Å². The van der Waals surface area contributed by atoms with Gasteiger partial charge in [-0.3, -0.25) is 14.5 Å². The smallest absolute Gasteiger partial charge is 0.414 e. The summed E-state index contributed by atoms with van der Waals surface area (Å²) in [6.45, 7) is 0.899. The zero-order chi connectivity index (χ0) is 19.5. The number of aryl methyl sites for hydroxylation is 1. The molecule has 0 atom stereocenters. The molecule has 2 heterocycles. The van der Waals surface area contributed by atoms with Crippen LogP contribution >= 0.6 is 0 Å². The van der Waals surface area contributed by atoms with Gasteiger partial charge in [0.05, 0.1) is 6.54 Å². The van der Waals surface area contributed by atoms with Crippen molar-refractivity contribution >= 4 is 34.3 Å². The maximum atomic E-state index is 12.2. The molecular weight excluding hydrogens is 358 g/mol. The highest BCUT2D eigenvalue weighted by atomic mass is 16.6. The Bertz CT molecular complexity index is 1090. The number of carbonyl (C=O) groups is 2. The average Bonchev–Trinajstić information content (AvgIpc) is 3.13. The topological polar surface area (TPSA) is 91.5 Å². The van der Waals surface area contributed by atoms with Crippen molar-refractivity contribution < 1.29 is 14.3 Å². The van der Waals surface area contributed by atoms with Crippen LogP contribution in [0.4, 0.5) is 16.2 Å². The maximum absolute atomic E-state index is 12.2. The fourth-order valence-corrected chi connectivity index (χ4v) is 3.20. The molecule has 0 spiro atoms. The summed E-state index contributed by atoms with van der Waals surface area (Å²) in [6.07, 6.45) is 0.183. The van der Waals surface area contributed by atoms with Crippen molar-refractivity contribution in [3.05, 3.63) is 70.5 Å². The van der Waals surface area contributed by atoms with Crippen molar-refractivity contribution in [3.8, 4) is 0 Å². The Kier molecular flexibility index (Phi) is 4.80. The molecule has 0 aliphatic carbocycles. The first kappa shape index (κ1) is 17.8. The number of para-hydroxylation sites is 1. The number of aromatic nitrogens is 1. The number of hydrogen-bond donors (Lipinski definition) is 2. The molecule has 0 unspecified atom stereocenters. The molecule has 7 nitrogen and oxygen atoms in total. The molecule has 4 rings (SSSR count). The van der Waals surface area contributed by atoms with E-state index in [4.69, 9.17) is 4.74 Å². The fraction of sp³-hybridized carbons (Fsp3) is 0.190. The van der Waals surface area contributed by atoms with Gasteiger partial charge in [0.2, 0.25) is 5.91 Å². The van der Waals surface area contributed by atoms with Crippen molar-refractivity contribution in [1.29, 1.82) is 0 Å². The lowest BCUT2D eigenvalue weighted by Crippen LogP contribution is -2.23. The van der Waals surface area contributed by atoms with Crippen LogP contribution in [0.1, 0.15) is 12.0 Å². The van der Waals surface area contributed by atoms with Gasteiger partial charge in [0.1, 0.15) is 6.61 Å². The van der Waals surface area contributed by atoms with Crippen LogP contribution in [0.5, 0.6) is 0 Å². The van der Waals surface area contributed by atoms with Crippen LogP contribution in [0.15, 0.2) is 59.4 Å². The van der Waals surface area contributed by atoms with E-state index in [9.17, 15) is 14.4 Å². The molecule has 7 heteroatoms. The molecular formula is C21H19N3O4. The second-order valence-corrected chi connectivity index (χ2v) is 6.57. The first-order valence-electron chi connectivity index (χ1n) is 9.05. The SMILES string of the molecule is O=C(CCc1cc2ccccc2[nH]c1=O)Nc1ccc(N2CCOC2=O)cc1. The van der Waals surface area contributed by atoms with Gasteiger partial charge in [0.15, 0.2) is 0 Å². The number of cyclic esters (lactones) is 1. The molecule has 142 valence electrons. The molecule has 1 saturated heterocycles. The highest BCUT2D eigenvalue weighted by Crippen LogP contribution is 2.21. The number of benzene rings is 2. The zero-order valence-electron chi connectivity index (χ0n) is 15.1. The second-order valence-electron chi connectivity index (χ2n) is 6.57. The Morgan fingerprint density at radius 3 is 2.64 bits per heavy atom. The predicted octanol–water partition coefficient (Wildman–Crippen LogP) is 3.06. The van der Waals surface area contributed by atoms with Crippen LogP contribution in [0.3, 0.4) is 0 Å². The van der Waals surface area contributed by atoms with Crippen LogP contribution in [-0.4, -0.2) is 30.1 Å². The Morgan fingerprint density at radius 2 is 1.89 bits per heavy atom. The van der Waals surface area contributed by atoms with Gasteiger partial charge in [0, 0.05) is 28.9 Å². The number of amides is 2. The van der Waals surface area contributed by atoms with Crippen molar-refractivity contribution in [2.45, 2.75) is 12.8 Å². The van der Waals surface area contributed by atoms with Crippen LogP contribution in [0.2, 0.25) is 0 Å². The molecule has 1 aliphatic heterocycles. The highest BCUT2D eigenvalue weighted by Gasteiger charge is 2.23. The largest absolute Gasteiger partial charge is 0.447 e. The minimum Gasteiger partial charge on any atom is -0.447 e. The number of pyridine rings is 1. The summed E-state index contributed by atoms with van der Waals surface area (Å²) in [7, 11) is 0. The van der Waals surface area contributed by atoms with Crippen molar-refractivity contribution in [2.75, 3.05) is 23.4 Å². The quantitative estimate of drug-likeness (QED) is 0.715. The Labute approximate surface area is 160 Å². The predicted molar refractivity (Wildman–Crippen MR) is 107 cm³/mol. The van der Waals surface area contributed by atoms with E-state index >= 15 is 0 Å². The third-order valence-corrected chi connectivity index (χ3v) is 4.68. The molecule has 0 saturated carbocycles. The monoisotopic (exact) mass is 377 g/mol. The number of fused-ring (bicyclic) bond motifs is 1. The zero-order valence-corrected chi connectivity index (χ0v) is 15.1. The van der Waals surface area contributed by atoms with E-state index < -0.39 is 0 Å². The molecule has 2 N–H and O–H groups in total. The third kappa shape index (κ3) is 3.73. The lowest BCUT2D eigenvalue weighted by molar-refractivity contribution is -0.116. The molecule has 28 heavy (non-hydrogen) atoms. The standard InChI is InChI=1S/C21H19N3O4/c25-19(10-5-15-13-14-3-1-2-4-18(14)23-20(15)26)22-16-6-8-17(9-7-16)24-11-12-28-21(24)27/h1-4,6-9,13H,5,10-12H2,(H,22,25)(H,23,26). The second kappa shape index (κ2) is 7.56. The number of H-pyrrole nitrogens is 1. The van der Waals surface area contributed by atoms with Gasteiger partial charge in [0.25, 0.3) is 5.56 Å². The first-order valence-corrected chi connectivity index (χ1v) is 9.05. The molecule has 0 radical (unpaired) electrons. The number of aromatic amines is 1. The first-order chi connectivity index (χ1) is 13.6. The summed E-state index contributed by atoms with van der Waals surface area (Å²) in [6, 6.07) is 16.4. The summed E-state index contributed by atoms with van der Waals surface area (Å²) in [5, 5.41) is 3.75. The highest BCUT2D eigenvalue weighted by molar-refractivity contribution is 5.92. The van der Waals surface area contributed by atoms with Crippen LogP contribution < -0.4 is 15.8 Å². The van der Waals surface area contributed by atoms with E-state index in [-0.39, 0.29) is 24.0 Å². The molecule has 3 aromatic rings. The molecule has 1 aromatic heterocycles. The van der Waals surface area contributed by atoms with Crippen LogP contribution in [-0.2, 0) is 16.0 Å². The van der Waals surface area contributed by atoms with Gasteiger partial charge in [-0.1, -0.05) is 18.2 Å². The molecule has 1 fully saturated rings. The summed E-state index contributed by atoms with van der Waals surface area (Å²) < 4.78 is 4.91. The molecule has 0 bridgehead atoms. The Balaban J connectivity index is 1.37. The van der Waals surface area contributed by atoms with E-state index in [1.54, 1.807) is 24.3 Å². The maximum Gasteiger partial charge on any atom is 0.414 e. The molecule has 1 aliphatic rings. The van der Waals surface area contributed by atoms with Crippen molar-refractivity contribution in [2.24, 2.45) is 0 Å². The normalized spacial score (nSPS) is 13.6. The summed E-state index contributed by atoms with van der Waals surface area (Å²) >= 11 is 0. The minimum absolute atomic E-state index is 0.173. The summed E-state index contributed by atoms with van der Waals surface area (Å²) in [4.78, 5) is 40.4. The van der Waals surface area contributed by atoms with Gasteiger partial charge in [-0.2, -0.15) is 0 Å². The molecule has 2 amide bonds. The Morgan fingerprint density at radius 1 is 1.11 bits per heavy atom. The van der Waals surface area contributed by atoms with E-state index in [1.807, 2.05) is 30.3 Å². The fourth-order valence-electron chi connectivity index (χ4n) is 3.20. The number of anilines is 2. The van der Waals surface area contributed by atoms with Gasteiger partial charge in [-0.15, -0.1) is 0 Å². The minimum atomic E-state index is -0.364.